The summed E-state index contributed by atoms with van der Waals surface area (Å²) in [5.41, 5.74) is 2.90. The Labute approximate surface area is 118 Å². The fourth-order valence-electron chi connectivity index (χ4n) is 3.00. The van der Waals surface area contributed by atoms with Gasteiger partial charge in [0.05, 0.1) is 17.9 Å². The number of hydrogen-bond donors (Lipinski definition) is 0. The van der Waals surface area contributed by atoms with Crippen LogP contribution in [0.15, 0.2) is 0 Å². The summed E-state index contributed by atoms with van der Waals surface area (Å²) in [6.07, 6.45) is 0.414. The van der Waals surface area contributed by atoms with E-state index in [0.29, 0.717) is 0 Å². The van der Waals surface area contributed by atoms with Crippen molar-refractivity contribution >= 4 is 16.9 Å². The van der Waals surface area contributed by atoms with Crippen LogP contribution in [-0.4, -0.2) is 45.0 Å². The molecule has 3 heterocycles. The number of rotatable bonds is 1. The molecule has 1 aliphatic heterocycles. The van der Waals surface area contributed by atoms with Crippen molar-refractivity contribution in [1.82, 2.24) is 19.7 Å². The quantitative estimate of drug-likeness (QED) is 0.791. The molecule has 0 bridgehead atoms. The van der Waals surface area contributed by atoms with Crippen LogP contribution in [-0.2, 0) is 11.8 Å². The molecule has 1 saturated heterocycles. The third-order valence-corrected chi connectivity index (χ3v) is 3.66. The van der Waals surface area contributed by atoms with Gasteiger partial charge in [0, 0.05) is 20.1 Å². The van der Waals surface area contributed by atoms with Crippen LogP contribution in [0.4, 0.5) is 5.82 Å². The predicted molar refractivity (Wildman–Crippen MR) is 78.0 cm³/mol. The largest absolute Gasteiger partial charge is 0.372 e. The van der Waals surface area contributed by atoms with Crippen LogP contribution in [0.2, 0.25) is 0 Å². The lowest BCUT2D eigenvalue weighted by atomic mass is 10.2. The maximum Gasteiger partial charge on any atom is 0.158 e. The second-order valence-corrected chi connectivity index (χ2v) is 5.66. The van der Waals surface area contributed by atoms with E-state index in [-0.39, 0.29) is 12.2 Å². The van der Waals surface area contributed by atoms with Crippen molar-refractivity contribution < 1.29 is 4.74 Å². The average molecular weight is 275 g/mol. The molecule has 3 rings (SSSR count). The molecule has 0 radical (unpaired) electrons. The van der Waals surface area contributed by atoms with Gasteiger partial charge in [-0.05, 0) is 27.7 Å². The Morgan fingerprint density at radius 2 is 1.75 bits per heavy atom. The summed E-state index contributed by atoms with van der Waals surface area (Å²) in [5.74, 6) is 1.76. The first-order valence-electron chi connectivity index (χ1n) is 7.04. The van der Waals surface area contributed by atoms with E-state index in [1.165, 1.54) is 0 Å². The van der Waals surface area contributed by atoms with Crippen LogP contribution in [0.5, 0.6) is 0 Å². The number of anilines is 1. The minimum absolute atomic E-state index is 0.207. The normalized spacial score (nSPS) is 23.6. The van der Waals surface area contributed by atoms with Crippen LogP contribution in [0.3, 0.4) is 0 Å². The molecule has 6 nitrogen and oxygen atoms in total. The zero-order valence-electron chi connectivity index (χ0n) is 12.7. The molecular weight excluding hydrogens is 254 g/mol. The lowest BCUT2D eigenvalue weighted by molar-refractivity contribution is -0.00540. The molecule has 20 heavy (non-hydrogen) atoms. The number of nitrogens with zero attached hydrogens (tertiary/aromatic N) is 5. The average Bonchev–Trinajstić information content (AvgIpc) is 2.62. The second-order valence-electron chi connectivity index (χ2n) is 5.66. The molecule has 1 fully saturated rings. The summed E-state index contributed by atoms with van der Waals surface area (Å²) in [6, 6.07) is 0. The summed E-state index contributed by atoms with van der Waals surface area (Å²) in [6.45, 7) is 9.82. The summed E-state index contributed by atoms with van der Waals surface area (Å²) in [5, 5.41) is 4.48. The highest BCUT2D eigenvalue weighted by atomic mass is 16.5. The van der Waals surface area contributed by atoms with Crippen LogP contribution in [0, 0.1) is 13.8 Å². The Kier molecular flexibility index (Phi) is 3.12. The standard InChI is InChI=1S/C14H21N5O/c1-8-6-19(7-9(2)20-8)14-13-12(15-11(4)16-14)10(3)17-18(13)5/h8-9H,6-7H2,1-5H3/t8-,9-/m0/s1. The first-order chi connectivity index (χ1) is 9.45. The SMILES string of the molecule is Cc1nc(N2C[C@H](C)O[C@@H](C)C2)c2c(n1)c(C)nn2C. The van der Waals surface area contributed by atoms with Gasteiger partial charge >= 0.3 is 0 Å². The number of fused-ring (bicyclic) bond motifs is 1. The van der Waals surface area contributed by atoms with Crippen molar-refractivity contribution in [3.8, 4) is 0 Å². The lowest BCUT2D eigenvalue weighted by Gasteiger charge is -2.36. The van der Waals surface area contributed by atoms with Crippen LogP contribution >= 0.6 is 0 Å². The van der Waals surface area contributed by atoms with Gasteiger partial charge in [0.2, 0.25) is 0 Å². The van der Waals surface area contributed by atoms with E-state index in [4.69, 9.17) is 4.74 Å². The molecule has 2 aromatic rings. The van der Waals surface area contributed by atoms with E-state index in [1.54, 1.807) is 0 Å². The number of ether oxygens (including phenoxy) is 1. The zero-order valence-corrected chi connectivity index (χ0v) is 12.7. The lowest BCUT2D eigenvalue weighted by Crippen LogP contribution is -2.46. The van der Waals surface area contributed by atoms with Crippen molar-refractivity contribution in [2.45, 2.75) is 39.9 Å². The van der Waals surface area contributed by atoms with Crippen LogP contribution in [0.25, 0.3) is 11.0 Å². The fourth-order valence-corrected chi connectivity index (χ4v) is 3.00. The summed E-state index contributed by atoms with van der Waals surface area (Å²) < 4.78 is 7.69. The Morgan fingerprint density at radius 1 is 1.10 bits per heavy atom. The third-order valence-electron chi connectivity index (χ3n) is 3.66. The van der Waals surface area contributed by atoms with E-state index in [2.05, 4.69) is 33.8 Å². The number of hydrogen-bond acceptors (Lipinski definition) is 5. The summed E-state index contributed by atoms with van der Waals surface area (Å²) in [4.78, 5) is 11.5. The highest BCUT2D eigenvalue weighted by molar-refractivity contribution is 5.88. The number of morpholine rings is 1. The molecule has 0 aromatic carbocycles. The van der Waals surface area contributed by atoms with Crippen LogP contribution < -0.4 is 4.90 Å². The van der Waals surface area contributed by atoms with E-state index in [0.717, 1.165) is 41.5 Å². The van der Waals surface area contributed by atoms with Gasteiger partial charge in [0.1, 0.15) is 16.9 Å². The Bertz CT molecular complexity index is 641. The second kappa shape index (κ2) is 4.70. The molecule has 0 aliphatic carbocycles. The van der Waals surface area contributed by atoms with Crippen molar-refractivity contribution in [2.75, 3.05) is 18.0 Å². The minimum atomic E-state index is 0.207. The molecule has 108 valence electrons. The van der Waals surface area contributed by atoms with Crippen molar-refractivity contribution in [3.05, 3.63) is 11.5 Å². The molecule has 6 heteroatoms. The summed E-state index contributed by atoms with van der Waals surface area (Å²) in [7, 11) is 1.95. The van der Waals surface area contributed by atoms with Gasteiger partial charge in [0.25, 0.3) is 0 Å². The van der Waals surface area contributed by atoms with E-state index in [9.17, 15) is 0 Å². The van der Waals surface area contributed by atoms with Gasteiger partial charge in [-0.15, -0.1) is 0 Å². The Morgan fingerprint density at radius 3 is 2.40 bits per heavy atom. The highest BCUT2D eigenvalue weighted by Gasteiger charge is 2.26. The smallest absolute Gasteiger partial charge is 0.158 e. The van der Waals surface area contributed by atoms with Gasteiger partial charge in [-0.1, -0.05) is 0 Å². The monoisotopic (exact) mass is 275 g/mol. The summed E-state index contributed by atoms with van der Waals surface area (Å²) >= 11 is 0. The Hall–Kier alpha value is -1.69. The van der Waals surface area contributed by atoms with Gasteiger partial charge < -0.3 is 9.64 Å². The van der Waals surface area contributed by atoms with E-state index in [1.807, 2.05) is 25.6 Å². The molecule has 0 spiro atoms. The topological polar surface area (TPSA) is 56.1 Å². The van der Waals surface area contributed by atoms with Crippen LogP contribution in [0.1, 0.15) is 25.4 Å². The highest BCUT2D eigenvalue weighted by Crippen LogP contribution is 2.27. The molecule has 0 unspecified atom stereocenters. The van der Waals surface area contributed by atoms with E-state index < -0.39 is 0 Å². The first kappa shape index (κ1) is 13.3. The molecule has 2 atom stereocenters. The fraction of sp³-hybridized carbons (Fsp3) is 0.643. The van der Waals surface area contributed by atoms with E-state index >= 15 is 0 Å². The van der Waals surface area contributed by atoms with Crippen molar-refractivity contribution in [3.63, 3.8) is 0 Å². The maximum atomic E-state index is 5.81. The maximum absolute atomic E-state index is 5.81. The van der Waals surface area contributed by atoms with Crippen molar-refractivity contribution in [1.29, 1.82) is 0 Å². The molecule has 0 N–H and O–H groups in total. The minimum Gasteiger partial charge on any atom is -0.372 e. The molecular formula is C14H21N5O. The Balaban J connectivity index is 2.15. The molecule has 2 aromatic heterocycles. The first-order valence-corrected chi connectivity index (χ1v) is 7.04. The zero-order chi connectivity index (χ0) is 14.4. The van der Waals surface area contributed by atoms with Gasteiger partial charge in [-0.2, -0.15) is 5.10 Å². The number of aromatic nitrogens is 4. The van der Waals surface area contributed by atoms with Gasteiger partial charge in [-0.3, -0.25) is 4.68 Å². The molecule has 0 amide bonds. The van der Waals surface area contributed by atoms with Gasteiger partial charge in [-0.25, -0.2) is 9.97 Å². The molecule has 0 saturated carbocycles. The predicted octanol–water partition coefficient (Wildman–Crippen LogP) is 1.59. The molecule has 1 aliphatic rings. The van der Waals surface area contributed by atoms with Gasteiger partial charge in [0.15, 0.2) is 5.82 Å². The van der Waals surface area contributed by atoms with Crippen molar-refractivity contribution in [2.24, 2.45) is 7.05 Å². The number of aryl methyl sites for hydroxylation is 3. The third kappa shape index (κ3) is 2.14.